The molecule has 0 saturated carbocycles. The smallest absolute Gasteiger partial charge is 0.139 e. The van der Waals surface area contributed by atoms with Crippen LogP contribution in [0, 0.1) is 5.82 Å². The fourth-order valence-corrected chi connectivity index (χ4v) is 2.85. The fraction of sp³-hybridized carbons (Fsp3) is 0.267. The van der Waals surface area contributed by atoms with E-state index < -0.39 is 0 Å². The summed E-state index contributed by atoms with van der Waals surface area (Å²) < 4.78 is 15.2. The van der Waals surface area contributed by atoms with Gasteiger partial charge in [-0.3, -0.25) is 4.40 Å². The molecule has 4 heteroatoms. The number of pyridine rings is 1. The Hall–Kier alpha value is -2.10. The molecule has 0 radical (unpaired) electrons. The summed E-state index contributed by atoms with van der Waals surface area (Å²) in [6, 6.07) is 8.94. The van der Waals surface area contributed by atoms with E-state index >= 15 is 0 Å². The number of halogens is 1. The van der Waals surface area contributed by atoms with Gasteiger partial charge in [-0.25, -0.2) is 9.37 Å². The minimum atomic E-state index is -0.240. The molecule has 0 aliphatic carbocycles. The van der Waals surface area contributed by atoms with E-state index in [1.165, 1.54) is 30.7 Å². The van der Waals surface area contributed by atoms with E-state index in [0.29, 0.717) is 5.52 Å². The zero-order valence-electron chi connectivity index (χ0n) is 10.5. The predicted molar refractivity (Wildman–Crippen MR) is 74.1 cm³/mol. The standard InChI is InChI=1S/C15H14FN3/c16-11-3-4-14-13(9-11)17-15-10-12(5-8-19(14)15)18-6-1-2-7-18/h3-5,8-10H,1-2,6-7H2. The molecule has 1 aliphatic rings. The third kappa shape index (κ3) is 1.67. The van der Waals surface area contributed by atoms with Gasteiger partial charge in [0.2, 0.25) is 0 Å². The number of imidazole rings is 1. The van der Waals surface area contributed by atoms with Crippen LogP contribution in [0.15, 0.2) is 36.5 Å². The molecule has 0 N–H and O–H groups in total. The Kier molecular flexibility index (Phi) is 2.24. The number of hydrogen-bond acceptors (Lipinski definition) is 2. The highest BCUT2D eigenvalue weighted by Crippen LogP contribution is 2.24. The van der Waals surface area contributed by atoms with Crippen LogP contribution in [0.5, 0.6) is 0 Å². The van der Waals surface area contributed by atoms with Gasteiger partial charge >= 0.3 is 0 Å². The zero-order valence-corrected chi connectivity index (χ0v) is 10.5. The van der Waals surface area contributed by atoms with Gasteiger partial charge in [-0.2, -0.15) is 0 Å². The SMILES string of the molecule is Fc1ccc2c(c1)nc1cc(N3CCCC3)ccn12. The Bertz CT molecular complexity index is 757. The quantitative estimate of drug-likeness (QED) is 0.665. The highest BCUT2D eigenvalue weighted by atomic mass is 19.1. The van der Waals surface area contributed by atoms with Crippen LogP contribution in [0.3, 0.4) is 0 Å². The Balaban J connectivity index is 1.91. The maximum absolute atomic E-state index is 13.2. The number of anilines is 1. The number of rotatable bonds is 1. The Morgan fingerprint density at radius 1 is 1.05 bits per heavy atom. The minimum absolute atomic E-state index is 0.240. The highest BCUT2D eigenvalue weighted by molar-refractivity contribution is 5.81. The lowest BCUT2D eigenvalue weighted by molar-refractivity contribution is 0.629. The summed E-state index contributed by atoms with van der Waals surface area (Å²) in [7, 11) is 0. The van der Waals surface area contributed by atoms with Crippen LogP contribution in [-0.2, 0) is 0 Å². The topological polar surface area (TPSA) is 20.5 Å². The van der Waals surface area contributed by atoms with Crippen LogP contribution in [0.1, 0.15) is 12.8 Å². The van der Waals surface area contributed by atoms with Crippen molar-refractivity contribution in [1.29, 1.82) is 0 Å². The molecular formula is C15H14FN3. The molecule has 0 bridgehead atoms. The molecule has 4 rings (SSSR count). The number of nitrogens with zero attached hydrogens (tertiary/aromatic N) is 3. The van der Waals surface area contributed by atoms with Gasteiger partial charge in [0.25, 0.3) is 0 Å². The lowest BCUT2D eigenvalue weighted by Crippen LogP contribution is -2.17. The molecule has 3 heterocycles. The molecule has 0 unspecified atom stereocenters. The molecule has 3 aromatic rings. The van der Waals surface area contributed by atoms with E-state index in [1.807, 2.05) is 10.6 Å². The molecule has 96 valence electrons. The van der Waals surface area contributed by atoms with E-state index in [0.717, 1.165) is 24.3 Å². The van der Waals surface area contributed by atoms with E-state index in [1.54, 1.807) is 6.07 Å². The van der Waals surface area contributed by atoms with Crippen molar-refractivity contribution in [3.63, 3.8) is 0 Å². The van der Waals surface area contributed by atoms with Crippen molar-refractivity contribution < 1.29 is 4.39 Å². The first-order valence-corrected chi connectivity index (χ1v) is 6.64. The third-order valence-electron chi connectivity index (χ3n) is 3.82. The summed E-state index contributed by atoms with van der Waals surface area (Å²) in [5.74, 6) is -0.240. The van der Waals surface area contributed by atoms with Crippen molar-refractivity contribution in [2.75, 3.05) is 18.0 Å². The fourth-order valence-electron chi connectivity index (χ4n) is 2.85. The predicted octanol–water partition coefficient (Wildman–Crippen LogP) is 3.23. The molecule has 19 heavy (non-hydrogen) atoms. The van der Waals surface area contributed by atoms with Gasteiger partial charge in [0.15, 0.2) is 0 Å². The van der Waals surface area contributed by atoms with Gasteiger partial charge in [-0.1, -0.05) is 0 Å². The summed E-state index contributed by atoms with van der Waals surface area (Å²) in [5.41, 5.74) is 3.74. The average molecular weight is 255 g/mol. The molecule has 0 spiro atoms. The molecule has 0 amide bonds. The van der Waals surface area contributed by atoms with Crippen molar-refractivity contribution in [2.24, 2.45) is 0 Å². The second-order valence-electron chi connectivity index (χ2n) is 5.05. The zero-order chi connectivity index (χ0) is 12.8. The first-order chi connectivity index (χ1) is 9.31. The Labute approximate surface area is 110 Å². The van der Waals surface area contributed by atoms with Crippen LogP contribution in [0.2, 0.25) is 0 Å². The molecule has 2 aromatic heterocycles. The summed E-state index contributed by atoms with van der Waals surface area (Å²) in [6.07, 6.45) is 4.54. The first-order valence-electron chi connectivity index (χ1n) is 6.64. The normalized spacial score (nSPS) is 15.7. The van der Waals surface area contributed by atoms with Crippen LogP contribution in [-0.4, -0.2) is 22.5 Å². The molecule has 0 atom stereocenters. The summed E-state index contributed by atoms with van der Waals surface area (Å²) in [5, 5.41) is 0. The van der Waals surface area contributed by atoms with Gasteiger partial charge in [-0.05, 0) is 31.0 Å². The Morgan fingerprint density at radius 2 is 1.89 bits per heavy atom. The molecule has 3 nitrogen and oxygen atoms in total. The van der Waals surface area contributed by atoms with Gasteiger partial charge < -0.3 is 4.90 Å². The van der Waals surface area contributed by atoms with Crippen molar-refractivity contribution in [2.45, 2.75) is 12.8 Å². The van der Waals surface area contributed by atoms with Crippen LogP contribution in [0.4, 0.5) is 10.1 Å². The largest absolute Gasteiger partial charge is 0.371 e. The van der Waals surface area contributed by atoms with Gasteiger partial charge in [0, 0.05) is 37.1 Å². The Morgan fingerprint density at radius 3 is 2.74 bits per heavy atom. The average Bonchev–Trinajstić information content (AvgIpc) is 3.04. The van der Waals surface area contributed by atoms with Gasteiger partial charge in [-0.15, -0.1) is 0 Å². The van der Waals surface area contributed by atoms with Crippen molar-refractivity contribution in [3.8, 4) is 0 Å². The monoisotopic (exact) mass is 255 g/mol. The van der Waals surface area contributed by atoms with E-state index in [-0.39, 0.29) is 5.82 Å². The number of fused-ring (bicyclic) bond motifs is 3. The van der Waals surface area contributed by atoms with Crippen molar-refractivity contribution in [3.05, 3.63) is 42.3 Å². The second-order valence-corrected chi connectivity index (χ2v) is 5.05. The summed E-state index contributed by atoms with van der Waals surface area (Å²) >= 11 is 0. The second kappa shape index (κ2) is 3.95. The summed E-state index contributed by atoms with van der Waals surface area (Å²) in [6.45, 7) is 2.23. The van der Waals surface area contributed by atoms with E-state index in [9.17, 15) is 4.39 Å². The lowest BCUT2D eigenvalue weighted by atomic mass is 10.3. The minimum Gasteiger partial charge on any atom is -0.371 e. The van der Waals surface area contributed by atoms with Crippen LogP contribution >= 0.6 is 0 Å². The lowest BCUT2D eigenvalue weighted by Gasteiger charge is -2.17. The van der Waals surface area contributed by atoms with Crippen LogP contribution < -0.4 is 4.90 Å². The molecule has 1 aliphatic heterocycles. The molecule has 1 saturated heterocycles. The summed E-state index contributed by atoms with van der Waals surface area (Å²) in [4.78, 5) is 6.88. The number of benzene rings is 1. The molecule has 1 fully saturated rings. The number of hydrogen-bond donors (Lipinski definition) is 0. The third-order valence-corrected chi connectivity index (χ3v) is 3.82. The van der Waals surface area contributed by atoms with Crippen molar-refractivity contribution >= 4 is 22.4 Å². The van der Waals surface area contributed by atoms with E-state index in [4.69, 9.17) is 0 Å². The van der Waals surface area contributed by atoms with E-state index in [2.05, 4.69) is 22.0 Å². The van der Waals surface area contributed by atoms with Crippen molar-refractivity contribution in [1.82, 2.24) is 9.38 Å². The molecular weight excluding hydrogens is 241 g/mol. The van der Waals surface area contributed by atoms with Gasteiger partial charge in [0.05, 0.1) is 11.0 Å². The number of aromatic nitrogens is 2. The highest BCUT2D eigenvalue weighted by Gasteiger charge is 2.13. The molecule has 1 aromatic carbocycles. The maximum atomic E-state index is 13.2. The van der Waals surface area contributed by atoms with Gasteiger partial charge in [0.1, 0.15) is 11.5 Å². The first kappa shape index (κ1) is 10.8. The van der Waals surface area contributed by atoms with Crippen LogP contribution in [0.25, 0.3) is 16.7 Å². The maximum Gasteiger partial charge on any atom is 0.139 e.